The molecule has 144 valence electrons. The molecule has 4 aromatic rings. The molecule has 0 fully saturated rings. The number of ether oxygens (including phenoxy) is 1. The van der Waals surface area contributed by atoms with Crippen molar-refractivity contribution in [2.45, 2.75) is 26.2 Å². The highest BCUT2D eigenvalue weighted by molar-refractivity contribution is 7.09. The van der Waals surface area contributed by atoms with Crippen LogP contribution in [0.15, 0.2) is 69.1 Å². The van der Waals surface area contributed by atoms with Crippen molar-refractivity contribution >= 4 is 11.3 Å². The highest BCUT2D eigenvalue weighted by Gasteiger charge is 2.15. The predicted molar refractivity (Wildman–Crippen MR) is 101 cm³/mol. The van der Waals surface area contributed by atoms with Crippen LogP contribution >= 0.6 is 11.3 Å². The van der Waals surface area contributed by atoms with E-state index in [0.29, 0.717) is 30.6 Å². The molecule has 6 nitrogen and oxygen atoms in total. The molecule has 1 aromatic carbocycles. The van der Waals surface area contributed by atoms with Crippen molar-refractivity contribution in [3.05, 3.63) is 88.3 Å². The zero-order valence-electron chi connectivity index (χ0n) is 15.0. The maximum atomic E-state index is 12.9. The molecule has 0 aliphatic carbocycles. The van der Waals surface area contributed by atoms with Crippen LogP contribution in [0, 0.1) is 5.82 Å². The molecule has 0 unspecified atom stereocenters. The van der Waals surface area contributed by atoms with Crippen LogP contribution in [0.1, 0.15) is 22.4 Å². The predicted octanol–water partition coefficient (Wildman–Crippen LogP) is 4.64. The molecule has 8 heteroatoms. The second kappa shape index (κ2) is 8.81. The molecule has 0 saturated heterocycles. The van der Waals surface area contributed by atoms with Crippen molar-refractivity contribution in [1.29, 1.82) is 0 Å². The number of nitrogens with zero attached hydrogens (tertiary/aromatic N) is 3. The zero-order valence-corrected chi connectivity index (χ0v) is 15.8. The maximum Gasteiger partial charge on any atom is 0.240 e. The lowest BCUT2D eigenvalue weighted by molar-refractivity contribution is 0.197. The van der Waals surface area contributed by atoms with Gasteiger partial charge in [0.05, 0.1) is 19.4 Å². The second-order valence-corrected chi connectivity index (χ2v) is 7.18. The van der Waals surface area contributed by atoms with Crippen LogP contribution in [0.25, 0.3) is 0 Å². The molecule has 0 aliphatic rings. The van der Waals surface area contributed by atoms with E-state index in [0.717, 1.165) is 12.3 Å². The Morgan fingerprint density at radius 3 is 2.68 bits per heavy atom. The summed E-state index contributed by atoms with van der Waals surface area (Å²) in [5.41, 5.74) is 0. The van der Waals surface area contributed by atoms with Gasteiger partial charge in [-0.2, -0.15) is 4.98 Å². The molecule has 4 rings (SSSR count). The number of furan rings is 1. The van der Waals surface area contributed by atoms with Crippen LogP contribution < -0.4 is 4.74 Å². The first-order valence-electron chi connectivity index (χ1n) is 8.71. The molecule has 0 aliphatic heterocycles. The normalized spacial score (nSPS) is 11.2. The van der Waals surface area contributed by atoms with Crippen molar-refractivity contribution < 1.29 is 18.1 Å². The summed E-state index contributed by atoms with van der Waals surface area (Å²) in [6.45, 7) is 2.03. The van der Waals surface area contributed by atoms with Gasteiger partial charge in [-0.25, -0.2) is 4.39 Å². The summed E-state index contributed by atoms with van der Waals surface area (Å²) in [5.74, 6) is 2.05. The van der Waals surface area contributed by atoms with E-state index in [2.05, 4.69) is 26.5 Å². The Morgan fingerprint density at radius 1 is 1.04 bits per heavy atom. The molecule has 3 aromatic heterocycles. The molecule has 0 bridgehead atoms. The number of hydrogen-bond donors (Lipinski definition) is 0. The third-order valence-corrected chi connectivity index (χ3v) is 4.83. The lowest BCUT2D eigenvalue weighted by Crippen LogP contribution is -2.22. The van der Waals surface area contributed by atoms with Crippen molar-refractivity contribution in [1.82, 2.24) is 15.0 Å². The largest absolute Gasteiger partial charge is 0.485 e. The molecule has 0 radical (unpaired) electrons. The van der Waals surface area contributed by atoms with Crippen LogP contribution in [0.2, 0.25) is 0 Å². The molecule has 0 N–H and O–H groups in total. The number of hydrogen-bond acceptors (Lipinski definition) is 7. The molecule has 0 atom stereocenters. The van der Waals surface area contributed by atoms with Gasteiger partial charge in [0.1, 0.15) is 17.3 Å². The van der Waals surface area contributed by atoms with Crippen LogP contribution in [0.4, 0.5) is 4.39 Å². The third-order valence-electron chi connectivity index (χ3n) is 3.97. The molecule has 28 heavy (non-hydrogen) atoms. The minimum atomic E-state index is -0.309. The summed E-state index contributed by atoms with van der Waals surface area (Å²) >= 11 is 1.70. The maximum absolute atomic E-state index is 12.9. The summed E-state index contributed by atoms with van der Waals surface area (Å²) in [7, 11) is 0. The highest BCUT2D eigenvalue weighted by atomic mass is 32.1. The van der Waals surface area contributed by atoms with Crippen molar-refractivity contribution in [3.8, 4) is 5.75 Å². The van der Waals surface area contributed by atoms with Crippen LogP contribution in [0.5, 0.6) is 5.75 Å². The van der Waals surface area contributed by atoms with E-state index in [9.17, 15) is 4.39 Å². The summed E-state index contributed by atoms with van der Waals surface area (Å²) < 4.78 is 29.3. The first-order chi connectivity index (χ1) is 13.7. The minimum Gasteiger partial charge on any atom is -0.485 e. The zero-order chi connectivity index (χ0) is 19.2. The molecular formula is C20H18FN3O3S. The van der Waals surface area contributed by atoms with Crippen molar-refractivity contribution in [2.75, 3.05) is 0 Å². The van der Waals surface area contributed by atoms with Gasteiger partial charge < -0.3 is 13.7 Å². The number of halogens is 1. The van der Waals surface area contributed by atoms with Gasteiger partial charge in [-0.15, -0.1) is 11.3 Å². The lowest BCUT2D eigenvalue weighted by Gasteiger charge is -2.18. The fourth-order valence-electron chi connectivity index (χ4n) is 2.70. The molecule has 0 amide bonds. The van der Waals surface area contributed by atoms with Crippen LogP contribution in [-0.4, -0.2) is 15.0 Å². The third kappa shape index (κ3) is 5.05. The summed E-state index contributed by atoms with van der Waals surface area (Å²) in [6, 6.07) is 13.7. The van der Waals surface area contributed by atoms with Gasteiger partial charge in [-0.3, -0.25) is 4.90 Å². The summed E-state index contributed by atoms with van der Waals surface area (Å²) in [5, 5.41) is 6.02. The first kappa shape index (κ1) is 18.4. The van der Waals surface area contributed by atoms with Crippen molar-refractivity contribution in [3.63, 3.8) is 0 Å². The van der Waals surface area contributed by atoms with Gasteiger partial charge in [0.2, 0.25) is 11.7 Å². The monoisotopic (exact) mass is 399 g/mol. The van der Waals surface area contributed by atoms with E-state index in [-0.39, 0.29) is 12.4 Å². The molecule has 0 saturated carbocycles. The second-order valence-electron chi connectivity index (χ2n) is 6.15. The van der Waals surface area contributed by atoms with E-state index in [1.165, 1.54) is 17.0 Å². The fraction of sp³-hybridized carbons (Fsp3) is 0.200. The summed E-state index contributed by atoms with van der Waals surface area (Å²) in [6.07, 6.45) is 1.66. The average molecular weight is 399 g/mol. The van der Waals surface area contributed by atoms with E-state index in [4.69, 9.17) is 13.7 Å². The van der Waals surface area contributed by atoms with Gasteiger partial charge in [0.25, 0.3) is 0 Å². The first-order valence-corrected chi connectivity index (χ1v) is 9.59. The van der Waals surface area contributed by atoms with Gasteiger partial charge in [-0.05, 0) is 47.8 Å². The smallest absolute Gasteiger partial charge is 0.240 e. The number of benzene rings is 1. The lowest BCUT2D eigenvalue weighted by atomic mass is 10.3. The molecule has 3 heterocycles. The summed E-state index contributed by atoms with van der Waals surface area (Å²) in [4.78, 5) is 7.81. The fourth-order valence-corrected chi connectivity index (χ4v) is 3.44. The van der Waals surface area contributed by atoms with Crippen LogP contribution in [0.3, 0.4) is 0 Å². The number of rotatable bonds is 9. The van der Waals surface area contributed by atoms with Crippen molar-refractivity contribution in [2.24, 2.45) is 0 Å². The topological polar surface area (TPSA) is 64.5 Å². The molecular weight excluding hydrogens is 381 g/mol. The van der Waals surface area contributed by atoms with Gasteiger partial charge >= 0.3 is 0 Å². The Morgan fingerprint density at radius 2 is 1.93 bits per heavy atom. The van der Waals surface area contributed by atoms with Gasteiger partial charge in [0.15, 0.2) is 6.61 Å². The SMILES string of the molecule is Fc1ccc(OCc2noc(CN(Cc3ccco3)Cc3cccs3)n2)cc1. The minimum absolute atomic E-state index is 0.151. The Kier molecular flexibility index (Phi) is 5.79. The van der Waals surface area contributed by atoms with Crippen LogP contribution in [-0.2, 0) is 26.2 Å². The Hall–Kier alpha value is -2.97. The quantitative estimate of drug-likeness (QED) is 0.408. The van der Waals surface area contributed by atoms with E-state index in [1.54, 1.807) is 29.7 Å². The number of aromatic nitrogens is 2. The Bertz CT molecular complexity index is 932. The Balaban J connectivity index is 1.38. The van der Waals surface area contributed by atoms with Gasteiger partial charge in [0, 0.05) is 11.4 Å². The van der Waals surface area contributed by atoms with Gasteiger partial charge in [-0.1, -0.05) is 11.2 Å². The Labute approximate surface area is 165 Å². The highest BCUT2D eigenvalue weighted by Crippen LogP contribution is 2.17. The molecule has 0 spiro atoms. The number of thiophene rings is 1. The van der Waals surface area contributed by atoms with E-state index >= 15 is 0 Å². The van der Waals surface area contributed by atoms with E-state index < -0.39 is 0 Å². The standard InChI is InChI=1S/C20H18FN3O3S/c21-15-5-7-16(8-6-15)26-14-19-22-20(27-23-19)13-24(11-17-3-1-9-25-17)12-18-4-2-10-28-18/h1-10H,11-14H2. The average Bonchev–Trinajstić information content (AvgIpc) is 3.45. The van der Waals surface area contributed by atoms with E-state index in [1.807, 2.05) is 18.2 Å².